The Labute approximate surface area is 146 Å². The van der Waals surface area contributed by atoms with Crippen molar-refractivity contribution in [1.29, 1.82) is 0 Å². The van der Waals surface area contributed by atoms with E-state index in [2.05, 4.69) is 4.98 Å². The zero-order valence-electron chi connectivity index (χ0n) is 14.1. The molecule has 0 aliphatic carbocycles. The van der Waals surface area contributed by atoms with Crippen LogP contribution in [0, 0.1) is 0 Å². The van der Waals surface area contributed by atoms with E-state index in [0.29, 0.717) is 17.7 Å². The van der Waals surface area contributed by atoms with Gasteiger partial charge in [-0.15, -0.1) is 0 Å². The molecule has 0 amide bonds. The molecule has 0 atom stereocenters. The lowest BCUT2D eigenvalue weighted by atomic mass is 10.0. The van der Waals surface area contributed by atoms with Crippen LogP contribution in [-0.2, 0) is 11.2 Å². The number of carboxylic acid groups (broad SMARTS) is 1. The van der Waals surface area contributed by atoms with Gasteiger partial charge in [0.25, 0.3) is 0 Å². The minimum absolute atomic E-state index is 0.415. The number of hydrogen-bond acceptors (Lipinski definition) is 4. The van der Waals surface area contributed by atoms with Gasteiger partial charge >= 0.3 is 11.9 Å². The summed E-state index contributed by atoms with van der Waals surface area (Å²) in [4.78, 5) is 26.8. The van der Waals surface area contributed by atoms with Crippen molar-refractivity contribution in [2.45, 2.75) is 20.3 Å². The van der Waals surface area contributed by atoms with Gasteiger partial charge in [-0.2, -0.15) is 0 Å². The number of rotatable bonds is 6. The fourth-order valence-electron chi connectivity index (χ4n) is 2.09. The largest absolute Gasteiger partial charge is 0.478 e. The molecule has 0 saturated heterocycles. The third kappa shape index (κ3) is 5.73. The number of carbonyl (C=O) groups is 2. The molecule has 0 fully saturated rings. The molecule has 1 N–H and O–H groups in total. The van der Waals surface area contributed by atoms with Crippen LogP contribution in [0.3, 0.4) is 0 Å². The van der Waals surface area contributed by atoms with Crippen LogP contribution in [0.15, 0.2) is 60.5 Å². The Hall–Kier alpha value is -3.21. The first-order valence-corrected chi connectivity index (χ1v) is 7.75. The standard InChI is InChI=1S/C20H19NO4/c1-14(2)3-6-17-13-15(5-8-19(22)23)4-7-18(17)25-20(24)16-9-11-21-12-10-16/h3-5,7-13H,6H2,1-2H3,(H,22,23)/b8-5+. The molecular weight excluding hydrogens is 318 g/mol. The quantitative estimate of drug-likeness (QED) is 0.374. The molecule has 0 saturated carbocycles. The van der Waals surface area contributed by atoms with Gasteiger partial charge in [0.15, 0.2) is 0 Å². The number of allylic oxidation sites excluding steroid dienone is 2. The van der Waals surface area contributed by atoms with Gasteiger partial charge in [0.1, 0.15) is 5.75 Å². The van der Waals surface area contributed by atoms with Crippen LogP contribution in [0.1, 0.15) is 35.3 Å². The minimum Gasteiger partial charge on any atom is -0.478 e. The Balaban J connectivity index is 2.30. The number of aromatic nitrogens is 1. The molecule has 0 radical (unpaired) electrons. The Morgan fingerprint density at radius 1 is 1.16 bits per heavy atom. The van der Waals surface area contributed by atoms with Gasteiger partial charge in [-0.3, -0.25) is 4.98 Å². The highest BCUT2D eigenvalue weighted by Gasteiger charge is 2.11. The highest BCUT2D eigenvalue weighted by Crippen LogP contribution is 2.23. The molecule has 0 bridgehead atoms. The second kappa shape index (κ2) is 8.59. The molecule has 25 heavy (non-hydrogen) atoms. The Bertz CT molecular complexity index is 819. The van der Waals surface area contributed by atoms with Gasteiger partial charge in [-0.05, 0) is 61.7 Å². The summed E-state index contributed by atoms with van der Waals surface area (Å²) in [5, 5.41) is 8.75. The normalized spacial score (nSPS) is 10.5. The SMILES string of the molecule is CC(C)=CCc1cc(/C=C/C(=O)O)ccc1OC(=O)c1ccncc1. The zero-order chi connectivity index (χ0) is 18.2. The lowest BCUT2D eigenvalue weighted by molar-refractivity contribution is -0.131. The molecule has 1 aromatic heterocycles. The van der Waals surface area contributed by atoms with E-state index in [0.717, 1.165) is 22.8 Å². The zero-order valence-corrected chi connectivity index (χ0v) is 14.1. The van der Waals surface area contributed by atoms with Crippen LogP contribution in [-0.4, -0.2) is 22.0 Å². The maximum Gasteiger partial charge on any atom is 0.343 e. The van der Waals surface area contributed by atoms with Crippen LogP contribution < -0.4 is 4.74 Å². The number of pyridine rings is 1. The van der Waals surface area contributed by atoms with Crippen molar-refractivity contribution in [1.82, 2.24) is 4.98 Å². The number of ether oxygens (including phenoxy) is 1. The van der Waals surface area contributed by atoms with Gasteiger partial charge in [0, 0.05) is 18.5 Å². The number of benzene rings is 1. The lowest BCUT2D eigenvalue weighted by Gasteiger charge is -2.10. The third-order valence-electron chi connectivity index (χ3n) is 3.35. The summed E-state index contributed by atoms with van der Waals surface area (Å²) in [6.45, 7) is 3.97. The average Bonchev–Trinajstić information content (AvgIpc) is 2.60. The van der Waals surface area contributed by atoms with Crippen molar-refractivity contribution in [3.8, 4) is 5.75 Å². The third-order valence-corrected chi connectivity index (χ3v) is 3.35. The molecule has 1 heterocycles. The predicted octanol–water partition coefficient (Wildman–Crippen LogP) is 3.91. The molecule has 2 aromatic rings. The molecule has 5 nitrogen and oxygen atoms in total. The maximum atomic E-state index is 12.2. The Morgan fingerprint density at radius 3 is 2.52 bits per heavy atom. The second-order valence-corrected chi connectivity index (χ2v) is 5.65. The topological polar surface area (TPSA) is 76.5 Å². The number of carboxylic acids is 1. The van der Waals surface area contributed by atoms with E-state index in [4.69, 9.17) is 9.84 Å². The molecule has 5 heteroatoms. The Morgan fingerprint density at radius 2 is 1.88 bits per heavy atom. The molecular formula is C20H19NO4. The first-order valence-electron chi connectivity index (χ1n) is 7.75. The predicted molar refractivity (Wildman–Crippen MR) is 95.4 cm³/mol. The first-order chi connectivity index (χ1) is 12.0. The first kappa shape index (κ1) is 18.1. The molecule has 0 aliphatic rings. The van der Waals surface area contributed by atoms with Gasteiger partial charge in [-0.25, -0.2) is 9.59 Å². The van der Waals surface area contributed by atoms with Crippen molar-refractivity contribution < 1.29 is 19.4 Å². The Kier molecular flexibility index (Phi) is 6.23. The van der Waals surface area contributed by atoms with Crippen molar-refractivity contribution in [3.63, 3.8) is 0 Å². The van der Waals surface area contributed by atoms with E-state index < -0.39 is 11.9 Å². The van der Waals surface area contributed by atoms with Crippen molar-refractivity contribution in [2.75, 3.05) is 0 Å². The summed E-state index contributed by atoms with van der Waals surface area (Å²) >= 11 is 0. The van der Waals surface area contributed by atoms with Crippen LogP contribution in [0.25, 0.3) is 6.08 Å². The van der Waals surface area contributed by atoms with Crippen molar-refractivity contribution in [2.24, 2.45) is 0 Å². The summed E-state index contributed by atoms with van der Waals surface area (Å²) in [6, 6.07) is 8.37. The molecule has 2 rings (SSSR count). The summed E-state index contributed by atoms with van der Waals surface area (Å²) < 4.78 is 5.51. The van der Waals surface area contributed by atoms with Crippen LogP contribution in [0.4, 0.5) is 0 Å². The molecule has 0 unspecified atom stereocenters. The number of nitrogens with zero attached hydrogens (tertiary/aromatic N) is 1. The van der Waals surface area contributed by atoms with Gasteiger partial charge in [0.05, 0.1) is 5.56 Å². The van der Waals surface area contributed by atoms with Crippen molar-refractivity contribution >= 4 is 18.0 Å². The van der Waals surface area contributed by atoms with Crippen LogP contribution in [0.2, 0.25) is 0 Å². The van der Waals surface area contributed by atoms with E-state index in [1.54, 1.807) is 24.3 Å². The molecule has 0 spiro atoms. The minimum atomic E-state index is -1.01. The van der Waals surface area contributed by atoms with Gasteiger partial charge in [0.2, 0.25) is 0 Å². The fourth-order valence-corrected chi connectivity index (χ4v) is 2.09. The number of carbonyl (C=O) groups excluding carboxylic acids is 1. The highest BCUT2D eigenvalue weighted by atomic mass is 16.5. The summed E-state index contributed by atoms with van der Waals surface area (Å²) in [6.07, 6.45) is 8.23. The molecule has 128 valence electrons. The smallest absolute Gasteiger partial charge is 0.343 e. The lowest BCUT2D eigenvalue weighted by Crippen LogP contribution is -2.10. The number of aliphatic carboxylic acids is 1. The fraction of sp³-hybridized carbons (Fsp3) is 0.150. The van der Waals surface area contributed by atoms with Crippen LogP contribution in [0.5, 0.6) is 5.75 Å². The highest BCUT2D eigenvalue weighted by molar-refractivity contribution is 5.91. The molecule has 0 aliphatic heterocycles. The summed E-state index contributed by atoms with van der Waals surface area (Å²) in [7, 11) is 0. The van der Waals surface area contributed by atoms with Crippen molar-refractivity contribution in [3.05, 3.63) is 77.1 Å². The van der Waals surface area contributed by atoms with E-state index in [9.17, 15) is 9.59 Å². The van der Waals surface area contributed by atoms with E-state index in [-0.39, 0.29) is 0 Å². The maximum absolute atomic E-state index is 12.2. The van der Waals surface area contributed by atoms with E-state index >= 15 is 0 Å². The van der Waals surface area contributed by atoms with Gasteiger partial charge < -0.3 is 9.84 Å². The van der Waals surface area contributed by atoms with E-state index in [1.807, 2.05) is 26.0 Å². The average molecular weight is 337 g/mol. The summed E-state index contributed by atoms with van der Waals surface area (Å²) in [5.41, 5.74) is 3.08. The number of hydrogen-bond donors (Lipinski definition) is 1. The monoisotopic (exact) mass is 337 g/mol. The van der Waals surface area contributed by atoms with E-state index in [1.165, 1.54) is 18.5 Å². The number of esters is 1. The van der Waals surface area contributed by atoms with Crippen LogP contribution >= 0.6 is 0 Å². The molecule has 1 aromatic carbocycles. The summed E-state index contributed by atoms with van der Waals surface area (Å²) in [5.74, 6) is -1.03. The van der Waals surface area contributed by atoms with Gasteiger partial charge in [-0.1, -0.05) is 17.7 Å². The second-order valence-electron chi connectivity index (χ2n) is 5.65.